The van der Waals surface area contributed by atoms with Crippen LogP contribution in [0.25, 0.3) is 17.1 Å². The Morgan fingerprint density at radius 1 is 1.09 bits per heavy atom. The summed E-state index contributed by atoms with van der Waals surface area (Å²) in [5.41, 5.74) is 2.72. The summed E-state index contributed by atoms with van der Waals surface area (Å²) in [6.07, 6.45) is 3.51. The summed E-state index contributed by atoms with van der Waals surface area (Å²) in [6.45, 7) is 1.85. The molecule has 3 heterocycles. The number of hydrogen-bond acceptors (Lipinski definition) is 6. The van der Waals surface area contributed by atoms with E-state index in [1.807, 2.05) is 37.3 Å². The fourth-order valence-corrected chi connectivity index (χ4v) is 4.85. The van der Waals surface area contributed by atoms with E-state index in [2.05, 4.69) is 20.5 Å². The summed E-state index contributed by atoms with van der Waals surface area (Å²) in [5, 5.41) is 12.0. The molecule has 0 aliphatic carbocycles. The summed E-state index contributed by atoms with van der Waals surface area (Å²) in [5.74, 6) is -0.0230. The Morgan fingerprint density at radius 3 is 2.60 bits per heavy atom. The van der Waals surface area contributed by atoms with Crippen molar-refractivity contribution in [1.29, 1.82) is 0 Å². The largest absolute Gasteiger partial charge is 0.324 e. The molecule has 2 aromatic carbocycles. The maximum Gasteiger partial charge on any atom is 0.237 e. The van der Waals surface area contributed by atoms with Gasteiger partial charge in [-0.3, -0.25) is 19.1 Å². The number of hydrogen-bond donors (Lipinski definition) is 1. The Bertz CT molecular complexity index is 1380. The first-order valence-corrected chi connectivity index (χ1v) is 12.0. The van der Waals surface area contributed by atoms with E-state index < -0.39 is 0 Å². The van der Waals surface area contributed by atoms with Crippen LogP contribution in [0.15, 0.2) is 78.2 Å². The number of fused-ring (bicyclic) bond motifs is 1. The van der Waals surface area contributed by atoms with Gasteiger partial charge in [-0.05, 0) is 55.5 Å². The van der Waals surface area contributed by atoms with Gasteiger partial charge in [-0.1, -0.05) is 23.9 Å². The zero-order valence-electron chi connectivity index (χ0n) is 18.8. The first-order chi connectivity index (χ1) is 17.0. The summed E-state index contributed by atoms with van der Waals surface area (Å²) >= 11 is 1.23. The number of rotatable bonds is 5. The lowest BCUT2D eigenvalue weighted by molar-refractivity contribution is -0.117. The molecule has 1 aliphatic rings. The van der Waals surface area contributed by atoms with Crippen molar-refractivity contribution in [2.45, 2.75) is 24.5 Å². The topological polar surface area (TPSA) is 93.0 Å². The molecule has 4 aromatic rings. The highest BCUT2D eigenvalue weighted by Crippen LogP contribution is 2.33. The number of pyridine rings is 1. The third kappa shape index (κ3) is 4.65. The number of nitrogens with one attached hydrogen (secondary N) is 1. The number of carbonyl (C=O) groups excluding carboxylic acids is 2. The zero-order chi connectivity index (χ0) is 24.4. The Kier molecular flexibility index (Phi) is 6.28. The maximum atomic E-state index is 13.6. The minimum absolute atomic E-state index is 0.0720. The molecule has 1 atom stereocenters. The second kappa shape index (κ2) is 9.67. The fourth-order valence-electron chi connectivity index (χ4n) is 4.04. The number of amides is 2. The van der Waals surface area contributed by atoms with E-state index in [0.717, 1.165) is 5.56 Å². The molecule has 1 aliphatic heterocycles. The first-order valence-electron chi connectivity index (χ1n) is 11.0. The van der Waals surface area contributed by atoms with Gasteiger partial charge in [0.25, 0.3) is 0 Å². The van der Waals surface area contributed by atoms with Crippen LogP contribution in [0, 0.1) is 5.82 Å². The molecule has 0 fully saturated rings. The van der Waals surface area contributed by atoms with Crippen LogP contribution in [0.3, 0.4) is 0 Å². The van der Waals surface area contributed by atoms with Crippen molar-refractivity contribution in [2.24, 2.45) is 0 Å². The predicted molar refractivity (Wildman–Crippen MR) is 132 cm³/mol. The van der Waals surface area contributed by atoms with Gasteiger partial charge in [0.1, 0.15) is 5.82 Å². The lowest BCUT2D eigenvalue weighted by atomic mass is 10.2. The Labute approximate surface area is 205 Å². The van der Waals surface area contributed by atoms with Gasteiger partial charge in [-0.2, -0.15) is 0 Å². The van der Waals surface area contributed by atoms with Crippen LogP contribution in [-0.2, 0) is 9.59 Å². The van der Waals surface area contributed by atoms with Crippen LogP contribution in [0.4, 0.5) is 15.8 Å². The van der Waals surface area contributed by atoms with E-state index >= 15 is 0 Å². The quantitative estimate of drug-likeness (QED) is 0.421. The van der Waals surface area contributed by atoms with Crippen LogP contribution in [0.2, 0.25) is 0 Å². The number of aromatic nitrogens is 4. The van der Waals surface area contributed by atoms with E-state index in [1.54, 1.807) is 40.1 Å². The van der Waals surface area contributed by atoms with Crippen molar-refractivity contribution in [3.63, 3.8) is 0 Å². The van der Waals surface area contributed by atoms with E-state index in [1.165, 1.54) is 23.9 Å². The summed E-state index contributed by atoms with van der Waals surface area (Å²) < 4.78 is 15.4. The number of para-hydroxylation sites is 2. The zero-order valence-corrected chi connectivity index (χ0v) is 19.6. The molecule has 0 saturated heterocycles. The van der Waals surface area contributed by atoms with Crippen molar-refractivity contribution in [1.82, 2.24) is 19.7 Å². The van der Waals surface area contributed by atoms with Crippen LogP contribution in [0.1, 0.15) is 13.3 Å². The monoisotopic (exact) mass is 488 g/mol. The molecule has 8 nitrogen and oxygen atoms in total. The molecule has 2 aromatic heterocycles. The van der Waals surface area contributed by atoms with Gasteiger partial charge in [0, 0.05) is 36.1 Å². The van der Waals surface area contributed by atoms with Crippen molar-refractivity contribution >= 4 is 35.0 Å². The van der Waals surface area contributed by atoms with Crippen molar-refractivity contribution in [3.05, 3.63) is 78.9 Å². The highest BCUT2D eigenvalue weighted by Gasteiger charge is 2.30. The maximum absolute atomic E-state index is 13.6. The third-order valence-electron chi connectivity index (χ3n) is 5.61. The lowest BCUT2D eigenvalue weighted by Gasteiger charge is -2.27. The molecular formula is C25H21FN6O2S. The van der Waals surface area contributed by atoms with Gasteiger partial charge in [-0.15, -0.1) is 10.2 Å². The molecule has 1 unspecified atom stereocenters. The highest BCUT2D eigenvalue weighted by molar-refractivity contribution is 7.99. The lowest BCUT2D eigenvalue weighted by Crippen LogP contribution is -2.40. The summed E-state index contributed by atoms with van der Waals surface area (Å²) in [7, 11) is 0. The highest BCUT2D eigenvalue weighted by atomic mass is 32.2. The Morgan fingerprint density at radius 2 is 1.83 bits per heavy atom. The van der Waals surface area contributed by atoms with Gasteiger partial charge in [0.15, 0.2) is 11.0 Å². The molecular weight excluding hydrogens is 467 g/mol. The van der Waals surface area contributed by atoms with Crippen LogP contribution < -0.4 is 10.2 Å². The summed E-state index contributed by atoms with van der Waals surface area (Å²) in [6, 6.07) is 16.6. The molecule has 10 heteroatoms. The fraction of sp³-hybridized carbons (Fsp3) is 0.160. The third-order valence-corrected chi connectivity index (χ3v) is 6.52. The number of nitrogens with zero attached hydrogens (tertiary/aromatic N) is 5. The van der Waals surface area contributed by atoms with Crippen molar-refractivity contribution in [3.8, 4) is 17.1 Å². The van der Waals surface area contributed by atoms with Gasteiger partial charge >= 0.3 is 0 Å². The Balaban J connectivity index is 1.46. The van der Waals surface area contributed by atoms with E-state index in [4.69, 9.17) is 0 Å². The normalized spacial score (nSPS) is 15.3. The molecule has 35 heavy (non-hydrogen) atoms. The van der Waals surface area contributed by atoms with E-state index in [9.17, 15) is 14.0 Å². The number of halogens is 1. The number of benzene rings is 2. The molecule has 0 bridgehead atoms. The second-order valence-electron chi connectivity index (χ2n) is 8.02. The van der Waals surface area contributed by atoms with Crippen LogP contribution >= 0.6 is 11.8 Å². The average Bonchev–Trinajstić information content (AvgIpc) is 3.23. The van der Waals surface area contributed by atoms with Crippen molar-refractivity contribution in [2.75, 3.05) is 16.0 Å². The van der Waals surface area contributed by atoms with Gasteiger partial charge in [0.2, 0.25) is 11.8 Å². The molecule has 5 rings (SSSR count). The molecule has 176 valence electrons. The molecule has 1 N–H and O–H groups in total. The SMILES string of the molecule is CC1CC(=O)Nc2ccccc2N1C(=O)CSc1nnc(-c2ccncc2)n1-c1ccc(F)cc1. The molecule has 2 amide bonds. The number of anilines is 2. The van der Waals surface area contributed by atoms with Crippen molar-refractivity contribution < 1.29 is 14.0 Å². The van der Waals surface area contributed by atoms with E-state index in [0.29, 0.717) is 28.0 Å². The van der Waals surface area contributed by atoms with Crippen LogP contribution in [0.5, 0.6) is 0 Å². The minimum Gasteiger partial charge on any atom is -0.324 e. The number of carbonyl (C=O) groups is 2. The smallest absolute Gasteiger partial charge is 0.237 e. The average molecular weight is 489 g/mol. The van der Waals surface area contributed by atoms with Crippen LogP contribution in [-0.4, -0.2) is 43.4 Å². The van der Waals surface area contributed by atoms with Gasteiger partial charge in [-0.25, -0.2) is 4.39 Å². The standard InChI is InChI=1S/C25H21FN6O2S/c1-16-14-22(33)28-20-4-2-3-5-21(20)31(16)23(34)15-35-25-30-29-24(17-10-12-27-13-11-17)32(25)19-8-6-18(26)7-9-19/h2-13,16H,14-15H2,1H3,(H,28,33). The molecule has 0 spiro atoms. The van der Waals surface area contributed by atoms with Gasteiger partial charge < -0.3 is 10.2 Å². The number of thioether (sulfide) groups is 1. The predicted octanol–water partition coefficient (Wildman–Crippen LogP) is 4.32. The molecule has 0 saturated carbocycles. The summed E-state index contributed by atoms with van der Waals surface area (Å²) in [4.78, 5) is 31.4. The first kappa shape index (κ1) is 22.7. The second-order valence-corrected chi connectivity index (χ2v) is 8.97. The van der Waals surface area contributed by atoms with E-state index in [-0.39, 0.29) is 35.8 Å². The Hall–Kier alpha value is -4.05. The van der Waals surface area contributed by atoms with Gasteiger partial charge in [0.05, 0.1) is 17.1 Å². The minimum atomic E-state index is -0.353. The molecule has 0 radical (unpaired) electrons.